The topological polar surface area (TPSA) is 493 Å². The van der Waals surface area contributed by atoms with Crippen LogP contribution in [0.3, 0.4) is 0 Å². The van der Waals surface area contributed by atoms with Crippen LogP contribution in [-0.2, 0) is 52.8 Å². The maximum Gasteiger partial charge on any atom is 0.325 e. The van der Waals surface area contributed by atoms with E-state index in [9.17, 15) is 60.7 Å². The smallest absolute Gasteiger partial charge is 0.325 e. The van der Waals surface area contributed by atoms with Crippen molar-refractivity contribution in [3.63, 3.8) is 0 Å². The van der Waals surface area contributed by atoms with Crippen molar-refractivity contribution in [2.24, 2.45) is 0 Å². The Labute approximate surface area is 857 Å². The minimum atomic E-state index is -0.639. The van der Waals surface area contributed by atoms with E-state index < -0.39 is 41.5 Å². The maximum atomic E-state index is 12.9. The van der Waals surface area contributed by atoms with Gasteiger partial charge in [0, 0.05) is 169 Å². The number of anilines is 12. The van der Waals surface area contributed by atoms with Gasteiger partial charge in [0.1, 0.15) is 65.2 Å². The Morgan fingerprint density at radius 2 is 0.520 bits per heavy atom. The van der Waals surface area contributed by atoms with E-state index >= 15 is 0 Å². The summed E-state index contributed by atoms with van der Waals surface area (Å²) in [6.07, 6.45) is 17.5. The molecule has 20 aromatic rings. The van der Waals surface area contributed by atoms with Gasteiger partial charge in [0.15, 0.2) is 5.11 Å². The monoisotopic (exact) mass is 2030 g/mol. The third kappa shape index (κ3) is 27.5. The molecular formula is C111H93F4N25O9S. The second-order valence-corrected chi connectivity index (χ2v) is 34.1. The lowest BCUT2D eigenvalue weighted by molar-refractivity contribution is -0.125. The summed E-state index contributed by atoms with van der Waals surface area (Å²) >= 11 is 5.21. The Morgan fingerprint density at radius 1 is 0.273 bits per heavy atom. The number of nitrogens with two attached hydrogens (primary N) is 5. The summed E-state index contributed by atoms with van der Waals surface area (Å²) in [5, 5.41) is 30.8. The first-order valence-electron chi connectivity index (χ1n) is 46.1. The number of hydrogen-bond donors (Lipinski definition) is 15. The number of benzene rings is 10. The number of nitrogen functional groups attached to an aromatic ring is 5. The van der Waals surface area contributed by atoms with Gasteiger partial charge in [-0.05, 0) is 278 Å². The maximum absolute atomic E-state index is 12.9. The Hall–Kier alpha value is -20.5. The first kappa shape index (κ1) is 102. The molecule has 20 rings (SSSR count). The molecule has 10 aromatic carbocycles. The van der Waals surface area contributed by atoms with Crippen LogP contribution in [0.2, 0.25) is 0 Å². The van der Waals surface area contributed by atoms with Gasteiger partial charge >= 0.3 is 12.1 Å². The number of carbonyl (C=O) groups is 9. The summed E-state index contributed by atoms with van der Waals surface area (Å²) in [4.78, 5) is 129. The number of halogens is 4. The average Bonchev–Trinajstić information content (AvgIpc) is 1.60. The molecule has 10 aromatic heterocycles. The minimum Gasteiger partial charge on any atom is -0.384 e. The Kier molecular flexibility index (Phi) is 32.5. The summed E-state index contributed by atoms with van der Waals surface area (Å²) < 4.78 is 61.6. The van der Waals surface area contributed by atoms with Crippen molar-refractivity contribution < 1.29 is 60.7 Å². The number of nitrogens with zero attached hydrogens (tertiary/aromatic N) is 10. The molecule has 10 heterocycles. The van der Waals surface area contributed by atoms with Crippen LogP contribution in [-0.4, -0.2) is 106 Å². The Balaban J connectivity index is 0.000000133. The van der Waals surface area contributed by atoms with Crippen molar-refractivity contribution in [3.8, 4) is 28.4 Å². The largest absolute Gasteiger partial charge is 0.384 e. The van der Waals surface area contributed by atoms with Crippen molar-refractivity contribution in [1.29, 1.82) is 0 Å². The van der Waals surface area contributed by atoms with E-state index in [4.69, 9.17) is 40.9 Å². The van der Waals surface area contributed by atoms with Crippen LogP contribution < -0.4 is 81.8 Å². The molecule has 0 saturated heterocycles. The number of aryl methyl sites for hydroxylation is 1. The van der Waals surface area contributed by atoms with E-state index in [-0.39, 0.29) is 72.4 Å². The van der Waals surface area contributed by atoms with Crippen LogP contribution in [0.15, 0.2) is 365 Å². The summed E-state index contributed by atoms with van der Waals surface area (Å²) in [5.74, 6) is -2.12. The van der Waals surface area contributed by atoms with Gasteiger partial charge in [-0.3, -0.25) is 44.2 Å². The molecule has 0 unspecified atom stereocenters. The van der Waals surface area contributed by atoms with E-state index in [0.717, 1.165) is 94.2 Å². The van der Waals surface area contributed by atoms with E-state index in [1.54, 1.807) is 110 Å². The van der Waals surface area contributed by atoms with Gasteiger partial charge in [0.2, 0.25) is 41.4 Å². The molecule has 0 aliphatic rings. The highest BCUT2D eigenvalue weighted by molar-refractivity contribution is 7.80. The zero-order chi connectivity index (χ0) is 105. The number of nitrogens with one attached hydrogen (secondary N) is 10. The number of carbonyl (C=O) groups excluding carboxylic acids is 9. The summed E-state index contributed by atoms with van der Waals surface area (Å²) in [6.45, 7) is 1.97. The summed E-state index contributed by atoms with van der Waals surface area (Å²) in [7, 11) is 0. The average molecular weight is 2030 g/mol. The number of pyridine rings is 5. The van der Waals surface area contributed by atoms with E-state index in [0.29, 0.717) is 79.9 Å². The van der Waals surface area contributed by atoms with Gasteiger partial charge in [0.25, 0.3) is 0 Å². The highest BCUT2D eigenvalue weighted by Gasteiger charge is 2.20. The van der Waals surface area contributed by atoms with Crippen molar-refractivity contribution in [1.82, 2.24) is 63.7 Å². The first-order valence-corrected chi connectivity index (χ1v) is 46.5. The minimum absolute atomic E-state index is 0.0225. The predicted octanol–water partition coefficient (Wildman–Crippen LogP) is 18.7. The van der Waals surface area contributed by atoms with Crippen molar-refractivity contribution >= 4 is 194 Å². The van der Waals surface area contributed by atoms with Gasteiger partial charge < -0.3 is 94.0 Å². The first-order chi connectivity index (χ1) is 72.4. The molecular weight excluding hydrogens is 1940 g/mol. The van der Waals surface area contributed by atoms with Crippen LogP contribution >= 0.6 is 12.2 Å². The fourth-order valence-electron chi connectivity index (χ4n) is 15.7. The van der Waals surface area contributed by atoms with Gasteiger partial charge in [0.05, 0.1) is 46.8 Å². The molecule has 0 saturated carbocycles. The number of urea groups is 2. The lowest BCUT2D eigenvalue weighted by Crippen LogP contribution is -2.35. The molecule has 750 valence electrons. The molecule has 0 atom stereocenters. The molecule has 0 aliphatic heterocycles. The molecule has 0 radical (unpaired) electrons. The SMILES string of the molecule is Cc1ccc(NC(=O)CC(=O)Nc2ccc(-n3ccc4cnc(N)cc43)cc2)cc1.Nc1cc2c(ccn2-c2ccc(NC(=O)NC(=O)Cc3ccc(F)cc3)cc2)cn1.Nc1nccc2c1ccn2-c1ccc(NC(=O)CC(=O)Nc2ccc(F)cc2)cc1.Nc1nccc2c1ccn2-c1ccc(NC(=O)NC(=O)Cc2ccc(F)cc2)cc1.Nc1nccc2c1ccn2-c1ccc(NC(=S)NC(=O)Cc2ccc(F)cc2)cc1. The fraction of sp³-hybridized carbons (Fsp3) is 0.0541. The van der Waals surface area contributed by atoms with E-state index in [1.165, 1.54) is 84.9 Å². The number of imide groups is 2. The predicted molar refractivity (Wildman–Crippen MR) is 578 cm³/mol. The molecule has 20 N–H and O–H groups in total. The number of amides is 11. The third-order valence-electron chi connectivity index (χ3n) is 22.9. The summed E-state index contributed by atoms with van der Waals surface area (Å²) in [5.41, 5.74) is 45.6. The Bertz CT molecular complexity index is 7400. The zero-order valence-electron chi connectivity index (χ0n) is 79.6. The lowest BCUT2D eigenvalue weighted by atomic mass is 10.1. The molecule has 39 heteroatoms. The fourth-order valence-corrected chi connectivity index (χ4v) is 15.9. The molecule has 0 spiro atoms. The number of fused-ring (bicyclic) bond motifs is 5. The summed E-state index contributed by atoms with van der Waals surface area (Å²) in [6, 6.07) is 83.6. The molecule has 11 amide bonds. The van der Waals surface area contributed by atoms with E-state index in [2.05, 4.69) is 78.1 Å². The molecule has 34 nitrogen and oxygen atoms in total. The zero-order valence-corrected chi connectivity index (χ0v) is 80.4. The number of thiocarbonyl (C=S) groups is 1. The Morgan fingerprint density at radius 3 is 0.820 bits per heavy atom. The lowest BCUT2D eigenvalue weighted by Gasteiger charge is -2.11. The normalized spacial score (nSPS) is 10.7. The molecule has 0 aliphatic carbocycles. The van der Waals surface area contributed by atoms with E-state index in [1.807, 2.05) is 200 Å². The van der Waals surface area contributed by atoms with Crippen LogP contribution in [0.25, 0.3) is 83.0 Å². The molecule has 0 bridgehead atoms. The number of rotatable bonds is 22. The van der Waals surface area contributed by atoms with Crippen LogP contribution in [0.5, 0.6) is 0 Å². The molecule has 150 heavy (non-hydrogen) atoms. The number of hydrogen-bond acceptors (Lipinski definition) is 20. The molecule has 0 fully saturated rings. The second kappa shape index (κ2) is 47.6. The number of aromatic nitrogens is 10. The van der Waals surface area contributed by atoms with Crippen molar-refractivity contribution in [2.75, 3.05) is 65.9 Å². The standard InChI is InChI=1S/C23H21N5O2.3C22H18FN5O2.C22H18FN5OS/c1-15-2-4-17(5-3-15)26-22(29)13-23(30)27-18-6-8-19(9-7-18)28-11-10-16-14-25-21(24)12-20(16)28;23-14-1-3-15(4-2-14)26-20(29)13-21(30)27-16-5-7-17(8-6-16)28-12-10-18-19(28)9-11-25-22(18)24;23-15-3-1-14(2-4-15)13-20(29)27-22(30)26-16-5-7-17(8-6-16)28-12-10-18-19(28)9-11-25-21(18)24;23-16-3-1-14(2-4-16)11-21(29)27-22(30)26-17-5-7-18(8-6-17)28-10-9-15-13-25-20(24)12-19(15)28;23-15-3-1-14(2-4-15)13-20(29)27-22(30)26-16-5-7-17(8-6-16)28-12-10-18-19(28)9-11-25-21(18)24/h2-12,14H,13H2,1H3,(H2,24,25)(H,26,29)(H,27,30);1-12H,13H2,(H2,24,25)(H,26,29)(H,27,30);1-12H,13H2,(H2,24,25)(H2,26,27,29,30);1-10,12-13H,11H2,(H2,24,25)(H2,26,27,29,30);1-12H,13H2,(H2,24,25)(H2,26,27,29,30). The highest BCUT2D eigenvalue weighted by atomic mass is 32.1. The van der Waals surface area contributed by atoms with Gasteiger partial charge in [-0.1, -0.05) is 54.1 Å². The van der Waals surface area contributed by atoms with Gasteiger partial charge in [-0.25, -0.2) is 52.1 Å². The van der Waals surface area contributed by atoms with Crippen molar-refractivity contribution in [3.05, 3.63) is 411 Å². The van der Waals surface area contributed by atoms with Crippen LogP contribution in [0.1, 0.15) is 35.1 Å². The van der Waals surface area contributed by atoms with Crippen LogP contribution in [0, 0.1) is 30.2 Å². The van der Waals surface area contributed by atoms with Crippen LogP contribution in [0.4, 0.5) is 96.1 Å². The second-order valence-electron chi connectivity index (χ2n) is 33.7. The highest BCUT2D eigenvalue weighted by Crippen LogP contribution is 2.31. The van der Waals surface area contributed by atoms with Gasteiger partial charge in [-0.15, -0.1) is 0 Å². The third-order valence-corrected chi connectivity index (χ3v) is 23.1. The van der Waals surface area contributed by atoms with Gasteiger partial charge in [-0.2, -0.15) is 0 Å². The quantitative estimate of drug-likeness (QED) is 0.0170. The van der Waals surface area contributed by atoms with Crippen molar-refractivity contribution in [2.45, 2.75) is 39.0 Å².